The molecular weight excluding hydrogens is 160 g/mol. The van der Waals surface area contributed by atoms with Crippen molar-refractivity contribution in [3.8, 4) is 0 Å². The zero-order valence-corrected chi connectivity index (χ0v) is 7.37. The molecule has 12 heavy (non-hydrogen) atoms. The van der Waals surface area contributed by atoms with Crippen LogP contribution in [0.15, 0.2) is 0 Å². The third-order valence-corrected chi connectivity index (χ3v) is 1.36. The number of ether oxygens (including phenoxy) is 1. The molecule has 0 aliphatic rings. The Balaban J connectivity index is 3.67. The molecule has 0 aliphatic carbocycles. The second-order valence-corrected chi connectivity index (χ2v) is 2.76. The molecule has 0 amide bonds. The zero-order valence-electron chi connectivity index (χ0n) is 7.37. The van der Waals surface area contributed by atoms with Gasteiger partial charge in [0.25, 0.3) is 0 Å². The van der Waals surface area contributed by atoms with Gasteiger partial charge in [-0.15, -0.1) is 0 Å². The number of Topliss-reactive ketones (excluding diaryl/α,β-unsaturated/α-hetero) is 1. The van der Waals surface area contributed by atoms with Crippen molar-refractivity contribution in [3.63, 3.8) is 0 Å². The van der Waals surface area contributed by atoms with E-state index in [1.165, 1.54) is 13.8 Å². The third kappa shape index (κ3) is 5.85. The van der Waals surface area contributed by atoms with Crippen molar-refractivity contribution in [3.05, 3.63) is 0 Å². The van der Waals surface area contributed by atoms with Crippen LogP contribution in [0, 0.1) is 5.92 Å². The lowest BCUT2D eigenvalue weighted by Crippen LogP contribution is -2.18. The van der Waals surface area contributed by atoms with Gasteiger partial charge in [-0.2, -0.15) is 0 Å². The predicted octanol–water partition coefficient (Wildman–Crippen LogP) is 0.137. The summed E-state index contributed by atoms with van der Waals surface area (Å²) in [7, 11) is 0. The van der Waals surface area contributed by atoms with Crippen LogP contribution < -0.4 is 0 Å². The van der Waals surface area contributed by atoms with Gasteiger partial charge in [0.1, 0.15) is 5.78 Å². The summed E-state index contributed by atoms with van der Waals surface area (Å²) in [5.74, 6) is -0.662. The molecule has 0 saturated heterocycles. The lowest BCUT2D eigenvalue weighted by atomic mass is 10.1. The van der Waals surface area contributed by atoms with Gasteiger partial charge >= 0.3 is 5.97 Å². The lowest BCUT2D eigenvalue weighted by molar-refractivity contribution is -0.143. The first-order chi connectivity index (χ1) is 5.56. The Hall–Kier alpha value is -0.900. The predicted molar refractivity (Wildman–Crippen MR) is 42.5 cm³/mol. The molecule has 0 fully saturated rings. The number of aliphatic hydroxyl groups is 1. The Morgan fingerprint density at radius 3 is 2.33 bits per heavy atom. The third-order valence-electron chi connectivity index (χ3n) is 1.36. The second-order valence-electron chi connectivity index (χ2n) is 2.76. The average Bonchev–Trinajstić information content (AvgIpc) is 1.97. The van der Waals surface area contributed by atoms with E-state index in [0.29, 0.717) is 0 Å². The molecule has 0 aromatic carbocycles. The van der Waals surface area contributed by atoms with E-state index in [0.717, 1.165) is 0 Å². The fourth-order valence-electron chi connectivity index (χ4n) is 0.818. The van der Waals surface area contributed by atoms with Crippen LogP contribution >= 0.6 is 0 Å². The molecule has 1 unspecified atom stereocenters. The summed E-state index contributed by atoms with van der Waals surface area (Å²) in [4.78, 5) is 21.0. The van der Waals surface area contributed by atoms with Crippen LogP contribution in [0.4, 0.5) is 0 Å². The summed E-state index contributed by atoms with van der Waals surface area (Å²) < 4.78 is 4.64. The van der Waals surface area contributed by atoms with Crippen LogP contribution in [-0.4, -0.2) is 30.1 Å². The van der Waals surface area contributed by atoms with Crippen molar-refractivity contribution in [1.82, 2.24) is 0 Å². The Labute approximate surface area is 71.5 Å². The minimum absolute atomic E-state index is 0.0128. The Kier molecular flexibility index (Phi) is 5.28. The first-order valence-corrected chi connectivity index (χ1v) is 3.80. The van der Waals surface area contributed by atoms with Gasteiger partial charge < -0.3 is 14.6 Å². The maximum Gasteiger partial charge on any atom is 0.302 e. The fraction of sp³-hybridized carbons (Fsp3) is 0.750. The molecule has 0 rings (SSSR count). The quantitative estimate of drug-likeness (QED) is 0.602. The summed E-state index contributed by atoms with van der Waals surface area (Å²) in [6.45, 7) is 2.72. The van der Waals surface area contributed by atoms with E-state index < -0.39 is 5.97 Å². The summed E-state index contributed by atoms with van der Waals surface area (Å²) in [5.41, 5.74) is 0. The maximum atomic E-state index is 10.6. The molecule has 0 spiro atoms. The van der Waals surface area contributed by atoms with Crippen molar-refractivity contribution in [1.29, 1.82) is 0 Å². The van der Waals surface area contributed by atoms with Gasteiger partial charge in [0, 0.05) is 25.9 Å². The first kappa shape index (κ1) is 11.1. The lowest BCUT2D eigenvalue weighted by Gasteiger charge is -2.11. The second kappa shape index (κ2) is 5.71. The van der Waals surface area contributed by atoms with Crippen molar-refractivity contribution in [2.75, 3.05) is 13.2 Å². The van der Waals surface area contributed by atoms with Gasteiger partial charge in [-0.25, -0.2) is 0 Å². The van der Waals surface area contributed by atoms with E-state index in [1.807, 2.05) is 0 Å². The van der Waals surface area contributed by atoms with Crippen molar-refractivity contribution in [2.45, 2.75) is 20.3 Å². The van der Waals surface area contributed by atoms with Crippen LogP contribution in [0.3, 0.4) is 0 Å². The molecule has 4 nitrogen and oxygen atoms in total. The van der Waals surface area contributed by atoms with E-state index in [2.05, 4.69) is 4.74 Å². The average molecular weight is 174 g/mol. The SMILES string of the molecule is CC(=O)CC(CO)COC(C)=O. The summed E-state index contributed by atoms with van der Waals surface area (Å²) >= 11 is 0. The summed E-state index contributed by atoms with van der Waals surface area (Å²) in [6, 6.07) is 0. The number of hydrogen-bond acceptors (Lipinski definition) is 4. The normalized spacial score (nSPS) is 12.2. The minimum atomic E-state index is -0.392. The highest BCUT2D eigenvalue weighted by Gasteiger charge is 2.11. The molecule has 70 valence electrons. The standard InChI is InChI=1S/C8H14O4/c1-6(10)3-8(4-9)5-12-7(2)11/h8-9H,3-5H2,1-2H3. The van der Waals surface area contributed by atoms with Crippen LogP contribution in [0.5, 0.6) is 0 Å². The number of rotatable bonds is 5. The molecule has 0 saturated carbocycles. The molecule has 0 aromatic rings. The van der Waals surface area contributed by atoms with E-state index in [1.54, 1.807) is 0 Å². The molecule has 0 aromatic heterocycles. The van der Waals surface area contributed by atoms with E-state index in [9.17, 15) is 9.59 Å². The molecule has 4 heteroatoms. The Morgan fingerprint density at radius 2 is 2.00 bits per heavy atom. The van der Waals surface area contributed by atoms with Gasteiger partial charge in [-0.3, -0.25) is 4.79 Å². The van der Waals surface area contributed by atoms with E-state index in [-0.39, 0.29) is 31.3 Å². The molecular formula is C8H14O4. The first-order valence-electron chi connectivity index (χ1n) is 3.80. The summed E-state index contributed by atoms with van der Waals surface area (Å²) in [6.07, 6.45) is 0.254. The largest absolute Gasteiger partial charge is 0.465 e. The number of aliphatic hydroxyl groups excluding tert-OH is 1. The molecule has 1 N–H and O–H groups in total. The Bertz CT molecular complexity index is 164. The van der Waals surface area contributed by atoms with Crippen LogP contribution in [0.1, 0.15) is 20.3 Å². The van der Waals surface area contributed by atoms with Crippen LogP contribution in [0.25, 0.3) is 0 Å². The number of esters is 1. The molecule has 1 atom stereocenters. The number of hydrogen-bond donors (Lipinski definition) is 1. The Morgan fingerprint density at radius 1 is 1.42 bits per heavy atom. The van der Waals surface area contributed by atoms with Gasteiger partial charge in [-0.05, 0) is 6.92 Å². The zero-order chi connectivity index (χ0) is 9.56. The highest BCUT2D eigenvalue weighted by atomic mass is 16.5. The maximum absolute atomic E-state index is 10.6. The fourth-order valence-corrected chi connectivity index (χ4v) is 0.818. The van der Waals surface area contributed by atoms with E-state index >= 15 is 0 Å². The molecule has 0 radical (unpaired) electrons. The molecule has 0 heterocycles. The van der Waals surface area contributed by atoms with Gasteiger partial charge in [0.05, 0.1) is 6.61 Å². The highest BCUT2D eigenvalue weighted by Crippen LogP contribution is 2.03. The van der Waals surface area contributed by atoms with Gasteiger partial charge in [0.2, 0.25) is 0 Å². The number of ketones is 1. The van der Waals surface area contributed by atoms with Crippen molar-refractivity contribution < 1.29 is 19.4 Å². The molecule has 0 bridgehead atoms. The monoisotopic (exact) mass is 174 g/mol. The smallest absolute Gasteiger partial charge is 0.302 e. The minimum Gasteiger partial charge on any atom is -0.465 e. The number of carbonyl (C=O) groups excluding carboxylic acids is 2. The number of carbonyl (C=O) groups is 2. The van der Waals surface area contributed by atoms with Gasteiger partial charge in [-0.1, -0.05) is 0 Å². The van der Waals surface area contributed by atoms with Crippen LogP contribution in [-0.2, 0) is 14.3 Å². The van der Waals surface area contributed by atoms with Crippen molar-refractivity contribution in [2.24, 2.45) is 5.92 Å². The highest BCUT2D eigenvalue weighted by molar-refractivity contribution is 5.75. The molecule has 0 aliphatic heterocycles. The van der Waals surface area contributed by atoms with E-state index in [4.69, 9.17) is 5.11 Å². The topological polar surface area (TPSA) is 63.6 Å². The van der Waals surface area contributed by atoms with Crippen molar-refractivity contribution >= 4 is 11.8 Å². The van der Waals surface area contributed by atoms with Gasteiger partial charge in [0.15, 0.2) is 0 Å². The van der Waals surface area contributed by atoms with Crippen LogP contribution in [0.2, 0.25) is 0 Å². The summed E-state index contributed by atoms with van der Waals surface area (Å²) in [5, 5.41) is 8.74.